The van der Waals surface area contributed by atoms with Crippen molar-refractivity contribution in [2.75, 3.05) is 5.32 Å². The zero-order valence-electron chi connectivity index (χ0n) is 14.2. The second-order valence-electron chi connectivity index (χ2n) is 5.35. The normalized spacial score (nSPS) is 11.2. The van der Waals surface area contributed by atoms with Crippen LogP contribution in [0.2, 0.25) is 0 Å². The maximum absolute atomic E-state index is 11.6. The molecule has 10 heteroatoms. The van der Waals surface area contributed by atoms with Crippen LogP contribution < -0.4 is 11.1 Å². The van der Waals surface area contributed by atoms with Gasteiger partial charge in [-0.1, -0.05) is 46.7 Å². The van der Waals surface area contributed by atoms with Gasteiger partial charge in [-0.25, -0.2) is 14.6 Å². The van der Waals surface area contributed by atoms with E-state index in [1.807, 2.05) is 18.2 Å². The molecule has 0 radical (unpaired) electrons. The minimum atomic E-state index is -1.21. The lowest BCUT2D eigenvalue weighted by Crippen LogP contribution is -2.17. The number of oxime groups is 1. The van der Waals surface area contributed by atoms with Crippen molar-refractivity contribution in [1.82, 2.24) is 14.7 Å². The van der Waals surface area contributed by atoms with E-state index in [1.165, 1.54) is 17.7 Å². The molecule has 0 spiro atoms. The molecule has 0 saturated carbocycles. The summed E-state index contributed by atoms with van der Waals surface area (Å²) in [5, 5.41) is 18.7. The molecule has 10 nitrogen and oxygen atoms in total. The second-order valence-corrected chi connectivity index (χ2v) is 5.35. The summed E-state index contributed by atoms with van der Waals surface area (Å²) in [6.45, 7) is -0.0166. The first-order valence-corrected chi connectivity index (χ1v) is 7.79. The average molecular weight is 369 g/mol. The van der Waals surface area contributed by atoms with Crippen LogP contribution in [0.5, 0.6) is 0 Å². The summed E-state index contributed by atoms with van der Waals surface area (Å²) in [4.78, 5) is 31.7. The Labute approximate surface area is 152 Å². The summed E-state index contributed by atoms with van der Waals surface area (Å²) < 4.78 is 5.87. The number of anilines is 1. The summed E-state index contributed by atoms with van der Waals surface area (Å²) in [5.74, 6) is -0.238. The molecule has 2 aromatic heterocycles. The quantitative estimate of drug-likeness (QED) is 0.500. The van der Waals surface area contributed by atoms with E-state index in [9.17, 15) is 9.59 Å². The van der Waals surface area contributed by atoms with Crippen molar-refractivity contribution in [3.63, 3.8) is 0 Å². The number of carbonyl (C=O) groups is 1. The largest absolute Gasteiger partial charge is 0.465 e. The highest BCUT2D eigenvalue weighted by Crippen LogP contribution is 2.10. The van der Waals surface area contributed by atoms with E-state index >= 15 is 0 Å². The first-order valence-electron chi connectivity index (χ1n) is 7.79. The van der Waals surface area contributed by atoms with Gasteiger partial charge in [0.25, 0.3) is 0 Å². The smallest absolute Gasteiger partial charge is 0.441 e. The van der Waals surface area contributed by atoms with Crippen molar-refractivity contribution in [3.05, 3.63) is 76.2 Å². The molecular formula is C17H15N5O5. The Bertz CT molecular complexity index is 1030. The highest BCUT2D eigenvalue weighted by atomic mass is 16.6. The van der Waals surface area contributed by atoms with Gasteiger partial charge in [0.15, 0.2) is 12.3 Å². The molecule has 0 saturated heterocycles. The van der Waals surface area contributed by atoms with Crippen LogP contribution in [-0.4, -0.2) is 31.6 Å². The predicted octanol–water partition coefficient (Wildman–Crippen LogP) is 1.83. The summed E-state index contributed by atoms with van der Waals surface area (Å²) >= 11 is 0. The minimum absolute atomic E-state index is 0.0166. The zero-order valence-corrected chi connectivity index (χ0v) is 14.2. The number of hydrogen-bond acceptors (Lipinski definition) is 7. The molecule has 0 bridgehead atoms. The number of hydrogen-bond donors (Lipinski definition) is 2. The van der Waals surface area contributed by atoms with Crippen LogP contribution in [0, 0.1) is 0 Å². The van der Waals surface area contributed by atoms with Crippen LogP contribution >= 0.6 is 0 Å². The molecule has 138 valence electrons. The van der Waals surface area contributed by atoms with E-state index < -0.39 is 11.8 Å². The number of amides is 1. The molecule has 3 rings (SSSR count). The highest BCUT2D eigenvalue weighted by Gasteiger charge is 2.17. The summed E-state index contributed by atoms with van der Waals surface area (Å²) in [5.41, 5.74) is 1.45. The van der Waals surface area contributed by atoms with Crippen LogP contribution in [-0.2, 0) is 18.5 Å². The highest BCUT2D eigenvalue weighted by molar-refractivity contribution is 6.10. The SMILES string of the molecule is Cn1c(C(=NOCc2cccc(NC(=O)O)n2)c2ccccc2)noc1=O. The molecule has 1 aromatic carbocycles. The molecule has 0 aliphatic carbocycles. The summed E-state index contributed by atoms with van der Waals surface area (Å²) in [6, 6.07) is 13.9. The van der Waals surface area contributed by atoms with Gasteiger partial charge >= 0.3 is 11.8 Å². The van der Waals surface area contributed by atoms with Crippen LogP contribution in [0.1, 0.15) is 17.1 Å². The Kier molecular flexibility index (Phi) is 5.26. The Morgan fingerprint density at radius 3 is 2.70 bits per heavy atom. The third-order valence-corrected chi connectivity index (χ3v) is 3.47. The first kappa shape index (κ1) is 17.9. The topological polar surface area (TPSA) is 132 Å². The first-order chi connectivity index (χ1) is 13.0. The Balaban J connectivity index is 1.84. The molecular weight excluding hydrogens is 354 g/mol. The lowest BCUT2D eigenvalue weighted by atomic mass is 10.1. The van der Waals surface area contributed by atoms with Gasteiger partial charge in [-0.3, -0.25) is 14.4 Å². The van der Waals surface area contributed by atoms with Gasteiger partial charge in [0.1, 0.15) is 5.82 Å². The fourth-order valence-corrected chi connectivity index (χ4v) is 2.21. The van der Waals surface area contributed by atoms with E-state index in [2.05, 4.69) is 25.1 Å². The molecule has 3 aromatic rings. The van der Waals surface area contributed by atoms with Gasteiger partial charge in [-0.2, -0.15) is 0 Å². The Morgan fingerprint density at radius 1 is 1.26 bits per heavy atom. The molecule has 0 aliphatic rings. The maximum atomic E-state index is 11.6. The summed E-state index contributed by atoms with van der Waals surface area (Å²) in [6.07, 6.45) is -1.21. The van der Waals surface area contributed by atoms with E-state index in [1.54, 1.807) is 24.3 Å². The Morgan fingerprint density at radius 2 is 2.04 bits per heavy atom. The summed E-state index contributed by atoms with van der Waals surface area (Å²) in [7, 11) is 1.51. The molecule has 0 unspecified atom stereocenters. The number of benzene rings is 1. The molecule has 0 atom stereocenters. The number of nitrogens with zero attached hydrogens (tertiary/aromatic N) is 4. The van der Waals surface area contributed by atoms with Gasteiger partial charge < -0.3 is 9.94 Å². The van der Waals surface area contributed by atoms with Gasteiger partial charge in [-0.05, 0) is 12.1 Å². The number of pyridine rings is 1. The van der Waals surface area contributed by atoms with Crippen molar-refractivity contribution < 1.29 is 19.3 Å². The van der Waals surface area contributed by atoms with Gasteiger partial charge in [0.2, 0.25) is 5.82 Å². The molecule has 2 N–H and O–H groups in total. The molecule has 27 heavy (non-hydrogen) atoms. The molecule has 2 heterocycles. The van der Waals surface area contributed by atoms with Crippen LogP contribution in [0.15, 0.2) is 63.0 Å². The minimum Gasteiger partial charge on any atom is -0.465 e. The van der Waals surface area contributed by atoms with E-state index in [0.717, 1.165) is 0 Å². The third kappa shape index (κ3) is 4.37. The second kappa shape index (κ2) is 7.95. The zero-order chi connectivity index (χ0) is 19.2. The van der Waals surface area contributed by atoms with E-state index in [4.69, 9.17) is 9.94 Å². The van der Waals surface area contributed by atoms with Gasteiger partial charge in [0.05, 0.1) is 5.69 Å². The van der Waals surface area contributed by atoms with E-state index in [-0.39, 0.29) is 18.2 Å². The van der Waals surface area contributed by atoms with Gasteiger partial charge in [0, 0.05) is 12.6 Å². The van der Waals surface area contributed by atoms with Crippen LogP contribution in [0.4, 0.5) is 10.6 Å². The number of nitrogens with one attached hydrogen (secondary N) is 1. The van der Waals surface area contributed by atoms with Crippen molar-refractivity contribution in [3.8, 4) is 0 Å². The Hall–Kier alpha value is -3.95. The van der Waals surface area contributed by atoms with Crippen molar-refractivity contribution in [2.45, 2.75) is 6.61 Å². The number of rotatable bonds is 6. The maximum Gasteiger partial charge on any atom is 0.441 e. The van der Waals surface area contributed by atoms with Crippen molar-refractivity contribution in [2.24, 2.45) is 12.2 Å². The lowest BCUT2D eigenvalue weighted by Gasteiger charge is -2.06. The lowest BCUT2D eigenvalue weighted by molar-refractivity contribution is 0.128. The standard InChI is InChI=1S/C17H15N5O5/c1-22-15(21-27-17(22)25)14(11-6-3-2-4-7-11)20-26-10-12-8-5-9-13(18-12)19-16(23)24/h2-9H,10H2,1H3,(H,18,19)(H,23,24). The van der Waals surface area contributed by atoms with Crippen molar-refractivity contribution in [1.29, 1.82) is 0 Å². The molecule has 0 aliphatic heterocycles. The van der Waals surface area contributed by atoms with Crippen LogP contribution in [0.3, 0.4) is 0 Å². The average Bonchev–Trinajstić information content (AvgIpc) is 2.98. The molecule has 0 fully saturated rings. The van der Waals surface area contributed by atoms with Crippen LogP contribution in [0.25, 0.3) is 0 Å². The third-order valence-electron chi connectivity index (χ3n) is 3.47. The predicted molar refractivity (Wildman–Crippen MR) is 94.5 cm³/mol. The fourth-order valence-electron chi connectivity index (χ4n) is 2.21. The number of aromatic nitrogens is 3. The van der Waals surface area contributed by atoms with Gasteiger partial charge in [-0.15, -0.1) is 0 Å². The molecule has 1 amide bonds. The van der Waals surface area contributed by atoms with E-state index in [0.29, 0.717) is 17.0 Å². The van der Waals surface area contributed by atoms with Crippen molar-refractivity contribution >= 4 is 17.6 Å². The monoisotopic (exact) mass is 369 g/mol. The fraction of sp³-hybridized carbons (Fsp3) is 0.118. The number of carboxylic acid groups (broad SMARTS) is 1.